The van der Waals surface area contributed by atoms with Crippen molar-refractivity contribution >= 4 is 11.5 Å². The summed E-state index contributed by atoms with van der Waals surface area (Å²) in [6, 6.07) is 2.12. The fourth-order valence-corrected chi connectivity index (χ4v) is 2.94. The van der Waals surface area contributed by atoms with Crippen LogP contribution in [-0.4, -0.2) is 27.7 Å². The number of aromatic nitrogens is 3. The molecule has 0 amide bonds. The Morgan fingerprint density at radius 1 is 1.33 bits per heavy atom. The molecule has 5 nitrogen and oxygen atoms in total. The average Bonchev–Trinajstić information content (AvgIpc) is 2.90. The summed E-state index contributed by atoms with van der Waals surface area (Å²) < 4.78 is 2.00. The fraction of sp³-hybridized carbons (Fsp3) is 0.625. The molecule has 0 aromatic carbocycles. The number of fused-ring (bicyclic) bond motifs is 2. The Morgan fingerprint density at radius 2 is 2.14 bits per heavy atom. The van der Waals surface area contributed by atoms with Gasteiger partial charge in [0, 0.05) is 23.9 Å². The summed E-state index contributed by atoms with van der Waals surface area (Å²) in [7, 11) is 0. The van der Waals surface area contributed by atoms with Crippen LogP contribution >= 0.6 is 0 Å². The zero-order chi connectivity index (χ0) is 14.8. The van der Waals surface area contributed by atoms with E-state index in [0.29, 0.717) is 12.5 Å². The number of nitrogens with two attached hydrogens (primary N) is 1. The summed E-state index contributed by atoms with van der Waals surface area (Å²) in [6.45, 7) is 5.94. The largest absolute Gasteiger partial charge is 0.370 e. The number of hydrogen-bond donors (Lipinski definition) is 2. The van der Waals surface area contributed by atoms with Crippen molar-refractivity contribution in [2.24, 2.45) is 5.73 Å². The zero-order valence-electron chi connectivity index (χ0n) is 13.0. The van der Waals surface area contributed by atoms with E-state index >= 15 is 0 Å². The van der Waals surface area contributed by atoms with Crippen molar-refractivity contribution in [2.75, 3.05) is 18.4 Å². The molecule has 0 spiro atoms. The highest BCUT2D eigenvalue weighted by atomic mass is 15.3. The minimum atomic E-state index is 0.417. The molecule has 2 heterocycles. The maximum absolute atomic E-state index is 5.61. The van der Waals surface area contributed by atoms with E-state index in [1.807, 2.05) is 4.52 Å². The van der Waals surface area contributed by atoms with Crippen molar-refractivity contribution in [3.63, 3.8) is 0 Å². The van der Waals surface area contributed by atoms with Crippen molar-refractivity contribution in [1.82, 2.24) is 14.6 Å². The number of anilines is 1. The van der Waals surface area contributed by atoms with Crippen molar-refractivity contribution in [1.29, 1.82) is 0 Å². The third-order valence-electron chi connectivity index (χ3n) is 4.16. The summed E-state index contributed by atoms with van der Waals surface area (Å²) in [5, 5.41) is 8.31. The molecule has 0 atom stereocenters. The first-order valence-corrected chi connectivity index (χ1v) is 8.06. The lowest BCUT2D eigenvalue weighted by atomic mass is 9.96. The Bertz CT molecular complexity index is 629. The summed E-state index contributed by atoms with van der Waals surface area (Å²) in [6.07, 6.45) is 5.63. The smallest absolute Gasteiger partial charge is 0.157 e. The van der Waals surface area contributed by atoms with Crippen LogP contribution < -0.4 is 11.1 Å². The van der Waals surface area contributed by atoms with Gasteiger partial charge in [-0.1, -0.05) is 13.8 Å². The SMILES string of the molecule is CC(C)c1cc2nc3c(c(NCCCN)n2n1)CCCC3. The number of hydrogen-bond acceptors (Lipinski definition) is 4. The third kappa shape index (κ3) is 2.75. The minimum Gasteiger partial charge on any atom is -0.370 e. The molecule has 1 aliphatic carbocycles. The summed E-state index contributed by atoms with van der Waals surface area (Å²) in [5.41, 5.74) is 10.3. The van der Waals surface area contributed by atoms with Crippen LogP contribution in [-0.2, 0) is 12.8 Å². The van der Waals surface area contributed by atoms with E-state index in [1.165, 1.54) is 24.1 Å². The predicted molar refractivity (Wildman–Crippen MR) is 85.9 cm³/mol. The minimum absolute atomic E-state index is 0.417. The quantitative estimate of drug-likeness (QED) is 0.829. The van der Waals surface area contributed by atoms with Gasteiger partial charge in [-0.15, -0.1) is 0 Å². The predicted octanol–water partition coefficient (Wildman–Crippen LogP) is 2.49. The van der Waals surface area contributed by atoms with E-state index in [2.05, 4.69) is 25.2 Å². The molecular formula is C16H25N5. The zero-order valence-corrected chi connectivity index (χ0v) is 13.0. The lowest BCUT2D eigenvalue weighted by molar-refractivity contribution is 0.659. The maximum Gasteiger partial charge on any atom is 0.157 e. The monoisotopic (exact) mass is 287 g/mol. The first-order chi connectivity index (χ1) is 10.2. The van der Waals surface area contributed by atoms with Crippen molar-refractivity contribution < 1.29 is 0 Å². The first kappa shape index (κ1) is 14.3. The van der Waals surface area contributed by atoms with Crippen LogP contribution in [0.4, 0.5) is 5.82 Å². The molecule has 3 N–H and O–H groups in total. The number of rotatable bonds is 5. The van der Waals surface area contributed by atoms with E-state index in [-0.39, 0.29) is 0 Å². The van der Waals surface area contributed by atoms with Crippen LogP contribution in [0.2, 0.25) is 0 Å². The van der Waals surface area contributed by atoms with Crippen LogP contribution in [0, 0.1) is 0 Å². The Hall–Kier alpha value is -1.62. The molecule has 3 rings (SSSR count). The van der Waals surface area contributed by atoms with E-state index in [1.54, 1.807) is 0 Å². The van der Waals surface area contributed by atoms with Gasteiger partial charge < -0.3 is 11.1 Å². The Morgan fingerprint density at radius 3 is 2.90 bits per heavy atom. The second-order valence-corrected chi connectivity index (χ2v) is 6.16. The van der Waals surface area contributed by atoms with Crippen molar-refractivity contribution in [3.8, 4) is 0 Å². The highest BCUT2D eigenvalue weighted by Crippen LogP contribution is 2.28. The maximum atomic E-state index is 5.61. The molecule has 0 aliphatic heterocycles. The fourth-order valence-electron chi connectivity index (χ4n) is 2.94. The first-order valence-electron chi connectivity index (χ1n) is 8.06. The highest BCUT2D eigenvalue weighted by molar-refractivity contribution is 5.57. The molecule has 0 fully saturated rings. The topological polar surface area (TPSA) is 68.2 Å². The summed E-state index contributed by atoms with van der Waals surface area (Å²) >= 11 is 0. The molecule has 2 aromatic heterocycles. The van der Waals surface area contributed by atoms with Crippen LogP contribution in [0.3, 0.4) is 0 Å². The van der Waals surface area contributed by atoms with Gasteiger partial charge in [0.1, 0.15) is 5.82 Å². The highest BCUT2D eigenvalue weighted by Gasteiger charge is 2.20. The molecule has 21 heavy (non-hydrogen) atoms. The van der Waals surface area contributed by atoms with E-state index < -0.39 is 0 Å². The molecule has 0 saturated heterocycles. The molecule has 0 bridgehead atoms. The molecular weight excluding hydrogens is 262 g/mol. The normalized spacial score (nSPS) is 14.7. The van der Waals surface area contributed by atoms with Gasteiger partial charge in [-0.2, -0.15) is 9.61 Å². The van der Waals surface area contributed by atoms with Gasteiger partial charge in [0.25, 0.3) is 0 Å². The van der Waals surface area contributed by atoms with E-state index in [0.717, 1.165) is 43.0 Å². The lowest BCUT2D eigenvalue weighted by Gasteiger charge is -2.20. The van der Waals surface area contributed by atoms with Crippen molar-refractivity contribution in [3.05, 3.63) is 23.0 Å². The number of aryl methyl sites for hydroxylation is 1. The van der Waals surface area contributed by atoms with Crippen LogP contribution in [0.25, 0.3) is 5.65 Å². The lowest BCUT2D eigenvalue weighted by Crippen LogP contribution is -2.17. The molecule has 114 valence electrons. The number of nitrogens with one attached hydrogen (secondary N) is 1. The standard InChI is InChI=1S/C16H25N5/c1-11(2)14-10-15-19-13-7-4-3-6-12(13)16(21(15)20-14)18-9-5-8-17/h10-11,18H,3-9,17H2,1-2H3. The average molecular weight is 287 g/mol. The second-order valence-electron chi connectivity index (χ2n) is 6.16. The van der Waals surface area contributed by atoms with Gasteiger partial charge in [-0.25, -0.2) is 4.98 Å². The molecule has 0 saturated carbocycles. The van der Waals surface area contributed by atoms with Crippen molar-refractivity contribution in [2.45, 2.75) is 51.9 Å². The van der Waals surface area contributed by atoms with E-state index in [4.69, 9.17) is 15.8 Å². The van der Waals surface area contributed by atoms with Crippen LogP contribution in [0.1, 0.15) is 56.0 Å². The third-order valence-corrected chi connectivity index (χ3v) is 4.16. The van der Waals surface area contributed by atoms with Gasteiger partial charge in [0.05, 0.1) is 5.69 Å². The van der Waals surface area contributed by atoms with Gasteiger partial charge in [-0.05, 0) is 44.6 Å². The Balaban J connectivity index is 2.08. The Kier molecular flexibility index (Phi) is 4.10. The van der Waals surface area contributed by atoms with Gasteiger partial charge in [0.15, 0.2) is 5.65 Å². The van der Waals surface area contributed by atoms with Gasteiger partial charge in [-0.3, -0.25) is 0 Å². The van der Waals surface area contributed by atoms with Gasteiger partial charge in [0.2, 0.25) is 0 Å². The molecule has 5 heteroatoms. The van der Waals surface area contributed by atoms with Crippen LogP contribution in [0.15, 0.2) is 6.07 Å². The van der Waals surface area contributed by atoms with Crippen LogP contribution in [0.5, 0.6) is 0 Å². The van der Waals surface area contributed by atoms with Gasteiger partial charge >= 0.3 is 0 Å². The number of nitrogens with zero attached hydrogens (tertiary/aromatic N) is 3. The van der Waals surface area contributed by atoms with E-state index in [9.17, 15) is 0 Å². The molecule has 1 aliphatic rings. The second kappa shape index (κ2) is 6.02. The Labute approximate surface area is 125 Å². The molecule has 2 aromatic rings. The summed E-state index contributed by atoms with van der Waals surface area (Å²) in [4.78, 5) is 4.84. The summed E-state index contributed by atoms with van der Waals surface area (Å²) in [5.74, 6) is 1.55. The molecule has 0 unspecified atom stereocenters. The molecule has 0 radical (unpaired) electrons.